The van der Waals surface area contributed by atoms with Crippen LogP contribution in [0, 0.1) is 0 Å². The predicted molar refractivity (Wildman–Crippen MR) is 80.3 cm³/mol. The highest BCUT2D eigenvalue weighted by molar-refractivity contribution is 5.27. The van der Waals surface area contributed by atoms with Crippen LogP contribution >= 0.6 is 0 Å². The zero-order chi connectivity index (χ0) is 13.9. The molecule has 2 nitrogen and oxygen atoms in total. The van der Waals surface area contributed by atoms with Gasteiger partial charge < -0.3 is 10.4 Å². The Morgan fingerprint density at radius 1 is 1.11 bits per heavy atom. The van der Waals surface area contributed by atoms with E-state index in [4.69, 9.17) is 0 Å². The van der Waals surface area contributed by atoms with Gasteiger partial charge in [-0.3, -0.25) is 0 Å². The highest BCUT2D eigenvalue weighted by Crippen LogP contribution is 2.28. The Morgan fingerprint density at radius 3 is 2.21 bits per heavy atom. The minimum atomic E-state index is -0.453. The monoisotopic (exact) mass is 261 g/mol. The van der Waals surface area contributed by atoms with E-state index in [0.29, 0.717) is 6.54 Å². The Balaban J connectivity index is 1.83. The molecule has 0 bridgehead atoms. The van der Waals surface area contributed by atoms with E-state index in [2.05, 4.69) is 50.4 Å². The maximum Gasteiger partial charge on any atom is 0.0771 e. The second-order valence-corrected chi connectivity index (χ2v) is 6.98. The summed E-state index contributed by atoms with van der Waals surface area (Å²) in [5.41, 5.74) is 2.41. The van der Waals surface area contributed by atoms with Crippen LogP contribution < -0.4 is 5.32 Å². The molecule has 1 aromatic rings. The van der Waals surface area contributed by atoms with Gasteiger partial charge in [-0.2, -0.15) is 0 Å². The molecule has 1 fully saturated rings. The van der Waals surface area contributed by atoms with Gasteiger partial charge in [0.25, 0.3) is 0 Å². The van der Waals surface area contributed by atoms with Gasteiger partial charge in [0.2, 0.25) is 0 Å². The molecule has 0 aromatic heterocycles. The van der Waals surface area contributed by atoms with Gasteiger partial charge in [0.05, 0.1) is 5.60 Å². The molecule has 1 saturated carbocycles. The lowest BCUT2D eigenvalue weighted by Gasteiger charge is -2.23. The highest BCUT2D eigenvalue weighted by atomic mass is 16.3. The molecule has 0 atom stereocenters. The first-order valence-electron chi connectivity index (χ1n) is 7.42. The van der Waals surface area contributed by atoms with Gasteiger partial charge in [0.15, 0.2) is 0 Å². The van der Waals surface area contributed by atoms with Crippen molar-refractivity contribution in [1.82, 2.24) is 5.32 Å². The number of rotatable bonds is 4. The van der Waals surface area contributed by atoms with Crippen molar-refractivity contribution < 1.29 is 5.11 Å². The van der Waals surface area contributed by atoms with Gasteiger partial charge >= 0.3 is 0 Å². The number of aliphatic hydroxyl groups is 1. The van der Waals surface area contributed by atoms with E-state index < -0.39 is 5.60 Å². The van der Waals surface area contributed by atoms with Crippen LogP contribution in [-0.2, 0) is 12.0 Å². The quantitative estimate of drug-likeness (QED) is 0.871. The van der Waals surface area contributed by atoms with Crippen LogP contribution in [0.4, 0.5) is 0 Å². The predicted octanol–water partition coefficient (Wildman–Crippen LogP) is 3.38. The second kappa shape index (κ2) is 5.64. The fourth-order valence-corrected chi connectivity index (χ4v) is 2.77. The Bertz CT molecular complexity index is 396. The van der Waals surface area contributed by atoms with Crippen molar-refractivity contribution in [3.05, 3.63) is 35.4 Å². The maximum absolute atomic E-state index is 10.3. The molecule has 0 unspecified atom stereocenters. The standard InChI is InChI=1S/C17H27NO/c1-16(2,3)15-8-6-14(7-9-15)12-18-13-17(19)10-4-5-11-17/h6-9,18-19H,4-5,10-13H2,1-3H3. The lowest BCUT2D eigenvalue weighted by Crippen LogP contribution is -2.37. The molecule has 0 heterocycles. The van der Waals surface area contributed by atoms with Gasteiger partial charge in [0, 0.05) is 13.1 Å². The summed E-state index contributed by atoms with van der Waals surface area (Å²) >= 11 is 0. The summed E-state index contributed by atoms with van der Waals surface area (Å²) in [6.07, 6.45) is 4.23. The smallest absolute Gasteiger partial charge is 0.0771 e. The van der Waals surface area contributed by atoms with Crippen LogP contribution in [0.15, 0.2) is 24.3 Å². The van der Waals surface area contributed by atoms with Crippen LogP contribution in [0.25, 0.3) is 0 Å². The molecule has 0 amide bonds. The van der Waals surface area contributed by atoms with E-state index in [-0.39, 0.29) is 5.41 Å². The Labute approximate surface area is 117 Å². The molecule has 2 heteroatoms. The van der Waals surface area contributed by atoms with Gasteiger partial charge in [-0.1, -0.05) is 57.9 Å². The fraction of sp³-hybridized carbons (Fsp3) is 0.647. The molecule has 0 aliphatic heterocycles. The summed E-state index contributed by atoms with van der Waals surface area (Å²) in [5, 5.41) is 13.6. The minimum Gasteiger partial charge on any atom is -0.389 e. The summed E-state index contributed by atoms with van der Waals surface area (Å²) in [6.45, 7) is 8.25. The Morgan fingerprint density at radius 2 is 1.68 bits per heavy atom. The van der Waals surface area contributed by atoms with Crippen molar-refractivity contribution in [3.8, 4) is 0 Å². The van der Waals surface area contributed by atoms with Crippen LogP contribution in [0.1, 0.15) is 57.6 Å². The molecule has 1 aliphatic rings. The fourth-order valence-electron chi connectivity index (χ4n) is 2.77. The Hall–Kier alpha value is -0.860. The summed E-state index contributed by atoms with van der Waals surface area (Å²) in [4.78, 5) is 0. The largest absolute Gasteiger partial charge is 0.389 e. The van der Waals surface area contributed by atoms with E-state index >= 15 is 0 Å². The second-order valence-electron chi connectivity index (χ2n) is 6.98. The van der Waals surface area contributed by atoms with Gasteiger partial charge in [-0.05, 0) is 29.4 Å². The SMILES string of the molecule is CC(C)(C)c1ccc(CNCC2(O)CCCC2)cc1. The lowest BCUT2D eigenvalue weighted by atomic mass is 9.87. The molecule has 2 rings (SSSR count). The van der Waals surface area contributed by atoms with E-state index in [1.165, 1.54) is 24.0 Å². The van der Waals surface area contributed by atoms with Gasteiger partial charge in [-0.15, -0.1) is 0 Å². The summed E-state index contributed by atoms with van der Waals surface area (Å²) < 4.78 is 0. The average molecular weight is 261 g/mol. The lowest BCUT2D eigenvalue weighted by molar-refractivity contribution is 0.0475. The maximum atomic E-state index is 10.3. The van der Waals surface area contributed by atoms with Gasteiger partial charge in [-0.25, -0.2) is 0 Å². The summed E-state index contributed by atoms with van der Waals surface area (Å²) in [6, 6.07) is 8.79. The first-order chi connectivity index (χ1) is 8.89. The number of nitrogens with one attached hydrogen (secondary N) is 1. The molecule has 0 radical (unpaired) electrons. The molecular formula is C17H27NO. The molecular weight excluding hydrogens is 234 g/mol. The molecule has 1 aliphatic carbocycles. The minimum absolute atomic E-state index is 0.213. The first-order valence-corrected chi connectivity index (χ1v) is 7.42. The van der Waals surface area contributed by atoms with Crippen molar-refractivity contribution >= 4 is 0 Å². The highest BCUT2D eigenvalue weighted by Gasteiger charge is 2.30. The summed E-state index contributed by atoms with van der Waals surface area (Å²) in [5.74, 6) is 0. The zero-order valence-corrected chi connectivity index (χ0v) is 12.5. The molecule has 1 aromatic carbocycles. The zero-order valence-electron chi connectivity index (χ0n) is 12.5. The van der Waals surface area contributed by atoms with E-state index in [9.17, 15) is 5.11 Å². The molecule has 19 heavy (non-hydrogen) atoms. The van der Waals surface area contributed by atoms with Crippen molar-refractivity contribution in [2.45, 2.75) is 64.0 Å². The van der Waals surface area contributed by atoms with Crippen molar-refractivity contribution in [2.24, 2.45) is 0 Å². The first kappa shape index (κ1) is 14.5. The van der Waals surface area contributed by atoms with E-state index in [1.54, 1.807) is 0 Å². The molecule has 0 spiro atoms. The topological polar surface area (TPSA) is 32.3 Å². The van der Waals surface area contributed by atoms with Crippen molar-refractivity contribution in [2.75, 3.05) is 6.54 Å². The molecule has 0 saturated heterocycles. The summed E-state index contributed by atoms with van der Waals surface area (Å²) in [7, 11) is 0. The molecule has 2 N–H and O–H groups in total. The van der Waals surface area contributed by atoms with Crippen LogP contribution in [-0.4, -0.2) is 17.3 Å². The third kappa shape index (κ3) is 4.05. The van der Waals surface area contributed by atoms with Crippen molar-refractivity contribution in [1.29, 1.82) is 0 Å². The average Bonchev–Trinajstić information content (AvgIpc) is 2.76. The van der Waals surface area contributed by atoms with E-state index in [1.807, 2.05) is 0 Å². The van der Waals surface area contributed by atoms with Crippen LogP contribution in [0.3, 0.4) is 0 Å². The third-order valence-corrected chi connectivity index (χ3v) is 4.14. The van der Waals surface area contributed by atoms with Crippen molar-refractivity contribution in [3.63, 3.8) is 0 Å². The Kier molecular flexibility index (Phi) is 4.32. The number of benzene rings is 1. The number of hydrogen-bond donors (Lipinski definition) is 2. The van der Waals surface area contributed by atoms with Crippen LogP contribution in [0.5, 0.6) is 0 Å². The number of hydrogen-bond acceptors (Lipinski definition) is 2. The normalized spacial score (nSPS) is 18.7. The molecule has 106 valence electrons. The van der Waals surface area contributed by atoms with Gasteiger partial charge in [0.1, 0.15) is 0 Å². The van der Waals surface area contributed by atoms with Crippen LogP contribution in [0.2, 0.25) is 0 Å². The third-order valence-electron chi connectivity index (χ3n) is 4.14. The van der Waals surface area contributed by atoms with E-state index in [0.717, 1.165) is 19.4 Å².